The summed E-state index contributed by atoms with van der Waals surface area (Å²) in [5.74, 6) is -1.84. The summed E-state index contributed by atoms with van der Waals surface area (Å²) >= 11 is 0. The molecule has 2 aromatic carbocycles. The molecule has 0 radical (unpaired) electrons. The van der Waals surface area contributed by atoms with Gasteiger partial charge in [-0.1, -0.05) is 69.3 Å². The Labute approximate surface area is 188 Å². The van der Waals surface area contributed by atoms with E-state index in [-0.39, 0.29) is 37.3 Å². The lowest BCUT2D eigenvalue weighted by Crippen LogP contribution is -2.45. The van der Waals surface area contributed by atoms with Crippen LogP contribution in [0.1, 0.15) is 44.2 Å². The Bertz CT molecular complexity index is 942. The van der Waals surface area contributed by atoms with Gasteiger partial charge in [0.15, 0.2) is 0 Å². The number of carboxylic acids is 1. The Morgan fingerprint density at radius 1 is 0.969 bits per heavy atom. The monoisotopic (exact) mass is 438 g/mol. The SMILES string of the molecule is CC(CNC(=O)OCC1c2ccccc2-c2ccccc21)C(=O)N[C@H](CC(=O)O)C(C)C. The van der Waals surface area contributed by atoms with Crippen molar-refractivity contribution in [3.63, 3.8) is 0 Å². The van der Waals surface area contributed by atoms with Gasteiger partial charge in [0.05, 0.1) is 12.3 Å². The number of carbonyl (C=O) groups is 3. The van der Waals surface area contributed by atoms with Crippen LogP contribution in [-0.2, 0) is 14.3 Å². The van der Waals surface area contributed by atoms with E-state index in [0.29, 0.717) is 0 Å². The average Bonchev–Trinajstić information content (AvgIpc) is 3.09. The molecule has 7 nitrogen and oxygen atoms in total. The first-order valence-electron chi connectivity index (χ1n) is 10.9. The molecule has 2 aromatic rings. The van der Waals surface area contributed by atoms with E-state index in [9.17, 15) is 14.4 Å². The molecule has 0 aromatic heterocycles. The predicted octanol–water partition coefficient (Wildman–Crippen LogP) is 3.78. The molecule has 0 heterocycles. The first kappa shape index (κ1) is 23.3. The quantitative estimate of drug-likeness (QED) is 0.553. The lowest BCUT2D eigenvalue weighted by molar-refractivity contribution is -0.138. The summed E-state index contributed by atoms with van der Waals surface area (Å²) in [7, 11) is 0. The summed E-state index contributed by atoms with van der Waals surface area (Å²) in [6.07, 6.45) is -0.729. The standard InChI is InChI=1S/C25H30N2O5/c1-15(2)22(12-23(28)29)27-24(30)16(3)13-26-25(31)32-14-21-19-10-6-4-8-17(19)18-9-5-7-11-20(18)21/h4-11,15-16,21-22H,12-14H2,1-3H3,(H,26,31)(H,27,30)(H,28,29)/t16?,22-/m1/s1. The molecule has 3 N–H and O–H groups in total. The molecule has 1 unspecified atom stereocenters. The summed E-state index contributed by atoms with van der Waals surface area (Å²) in [4.78, 5) is 35.7. The normalized spacial score (nSPS) is 14.2. The molecule has 0 saturated carbocycles. The first-order valence-corrected chi connectivity index (χ1v) is 10.9. The van der Waals surface area contributed by atoms with Gasteiger partial charge >= 0.3 is 12.1 Å². The van der Waals surface area contributed by atoms with E-state index in [1.807, 2.05) is 38.1 Å². The van der Waals surface area contributed by atoms with Crippen LogP contribution in [0.2, 0.25) is 0 Å². The molecule has 2 amide bonds. The van der Waals surface area contributed by atoms with Crippen LogP contribution in [0.5, 0.6) is 0 Å². The van der Waals surface area contributed by atoms with Crippen molar-refractivity contribution in [2.24, 2.45) is 11.8 Å². The van der Waals surface area contributed by atoms with Crippen molar-refractivity contribution >= 4 is 18.0 Å². The van der Waals surface area contributed by atoms with Gasteiger partial charge in [-0.3, -0.25) is 9.59 Å². The van der Waals surface area contributed by atoms with Crippen LogP contribution in [0, 0.1) is 11.8 Å². The Morgan fingerprint density at radius 2 is 1.53 bits per heavy atom. The smallest absolute Gasteiger partial charge is 0.407 e. The lowest BCUT2D eigenvalue weighted by atomic mass is 9.98. The maximum Gasteiger partial charge on any atom is 0.407 e. The number of fused-ring (bicyclic) bond motifs is 3. The van der Waals surface area contributed by atoms with Gasteiger partial charge in [-0.25, -0.2) is 4.79 Å². The van der Waals surface area contributed by atoms with E-state index in [2.05, 4.69) is 34.9 Å². The zero-order valence-corrected chi connectivity index (χ0v) is 18.6. The van der Waals surface area contributed by atoms with Gasteiger partial charge in [0.2, 0.25) is 5.91 Å². The number of alkyl carbamates (subject to hydrolysis) is 1. The molecule has 7 heteroatoms. The molecule has 0 aliphatic heterocycles. The van der Waals surface area contributed by atoms with Crippen LogP contribution in [0.4, 0.5) is 4.79 Å². The fourth-order valence-electron chi connectivity index (χ4n) is 3.95. The number of ether oxygens (including phenoxy) is 1. The number of carbonyl (C=O) groups excluding carboxylic acids is 2. The molecule has 3 rings (SSSR count). The van der Waals surface area contributed by atoms with Crippen molar-refractivity contribution in [1.29, 1.82) is 0 Å². The third kappa shape index (κ3) is 5.46. The van der Waals surface area contributed by atoms with Crippen molar-refractivity contribution in [3.8, 4) is 11.1 Å². The number of nitrogens with one attached hydrogen (secondary N) is 2. The number of amides is 2. The molecule has 1 aliphatic carbocycles. The molecule has 0 fully saturated rings. The number of hydrogen-bond donors (Lipinski definition) is 3. The van der Waals surface area contributed by atoms with Gasteiger partial charge in [0, 0.05) is 18.5 Å². The summed E-state index contributed by atoms with van der Waals surface area (Å²) in [5, 5.41) is 14.4. The van der Waals surface area contributed by atoms with Crippen molar-refractivity contribution in [1.82, 2.24) is 10.6 Å². The fraction of sp³-hybridized carbons (Fsp3) is 0.400. The van der Waals surface area contributed by atoms with Gasteiger partial charge in [-0.05, 0) is 28.2 Å². The first-order chi connectivity index (χ1) is 15.3. The molecular weight excluding hydrogens is 408 g/mol. The minimum atomic E-state index is -0.964. The Balaban J connectivity index is 1.51. The lowest BCUT2D eigenvalue weighted by Gasteiger charge is -2.23. The highest BCUT2D eigenvalue weighted by atomic mass is 16.5. The zero-order valence-electron chi connectivity index (χ0n) is 18.6. The highest BCUT2D eigenvalue weighted by Gasteiger charge is 2.29. The molecular formula is C25H30N2O5. The van der Waals surface area contributed by atoms with E-state index < -0.39 is 24.0 Å². The minimum absolute atomic E-state index is 0.0164. The summed E-state index contributed by atoms with van der Waals surface area (Å²) < 4.78 is 5.48. The van der Waals surface area contributed by atoms with E-state index >= 15 is 0 Å². The molecule has 32 heavy (non-hydrogen) atoms. The molecule has 0 saturated heterocycles. The van der Waals surface area contributed by atoms with Gasteiger partial charge in [-0.2, -0.15) is 0 Å². The zero-order chi connectivity index (χ0) is 23.3. The number of hydrogen-bond acceptors (Lipinski definition) is 4. The maximum atomic E-state index is 12.4. The number of rotatable bonds is 9. The number of carboxylic acid groups (broad SMARTS) is 1. The molecule has 0 bridgehead atoms. The van der Waals surface area contributed by atoms with Crippen LogP contribution >= 0.6 is 0 Å². The van der Waals surface area contributed by atoms with Gasteiger partial charge in [-0.15, -0.1) is 0 Å². The Kier molecular flexibility index (Phi) is 7.51. The largest absolute Gasteiger partial charge is 0.481 e. The van der Waals surface area contributed by atoms with Crippen LogP contribution < -0.4 is 10.6 Å². The van der Waals surface area contributed by atoms with Crippen LogP contribution in [-0.4, -0.2) is 42.3 Å². The second kappa shape index (κ2) is 10.3. The van der Waals surface area contributed by atoms with Gasteiger partial charge in [0.1, 0.15) is 6.61 Å². The predicted molar refractivity (Wildman–Crippen MR) is 121 cm³/mol. The highest BCUT2D eigenvalue weighted by Crippen LogP contribution is 2.44. The number of benzene rings is 2. The molecule has 2 atom stereocenters. The third-order valence-corrected chi connectivity index (χ3v) is 5.87. The second-order valence-corrected chi connectivity index (χ2v) is 8.56. The summed E-state index contributed by atoms with van der Waals surface area (Å²) in [6, 6.07) is 15.7. The molecule has 0 spiro atoms. The Hall–Kier alpha value is -3.35. The van der Waals surface area contributed by atoms with Crippen molar-refractivity contribution in [2.45, 2.75) is 39.2 Å². The summed E-state index contributed by atoms with van der Waals surface area (Å²) in [5.41, 5.74) is 4.58. The number of aliphatic carboxylic acids is 1. The molecule has 1 aliphatic rings. The van der Waals surface area contributed by atoms with E-state index in [4.69, 9.17) is 9.84 Å². The van der Waals surface area contributed by atoms with Crippen molar-refractivity contribution in [2.75, 3.05) is 13.2 Å². The fourth-order valence-corrected chi connectivity index (χ4v) is 3.95. The van der Waals surface area contributed by atoms with Crippen LogP contribution in [0.3, 0.4) is 0 Å². The van der Waals surface area contributed by atoms with E-state index in [1.54, 1.807) is 6.92 Å². The molecule has 170 valence electrons. The van der Waals surface area contributed by atoms with Crippen LogP contribution in [0.15, 0.2) is 48.5 Å². The van der Waals surface area contributed by atoms with Gasteiger partial charge in [0.25, 0.3) is 0 Å². The topological polar surface area (TPSA) is 105 Å². The van der Waals surface area contributed by atoms with E-state index in [0.717, 1.165) is 22.3 Å². The van der Waals surface area contributed by atoms with E-state index in [1.165, 1.54) is 0 Å². The van der Waals surface area contributed by atoms with Gasteiger partial charge < -0.3 is 20.5 Å². The average molecular weight is 439 g/mol. The highest BCUT2D eigenvalue weighted by molar-refractivity contribution is 5.81. The summed E-state index contributed by atoms with van der Waals surface area (Å²) in [6.45, 7) is 5.69. The van der Waals surface area contributed by atoms with Crippen LogP contribution in [0.25, 0.3) is 11.1 Å². The Morgan fingerprint density at radius 3 is 2.06 bits per heavy atom. The minimum Gasteiger partial charge on any atom is -0.481 e. The third-order valence-electron chi connectivity index (χ3n) is 5.87. The second-order valence-electron chi connectivity index (χ2n) is 8.56. The van der Waals surface area contributed by atoms with Crippen molar-refractivity contribution in [3.05, 3.63) is 59.7 Å². The maximum absolute atomic E-state index is 12.4. The van der Waals surface area contributed by atoms with Crippen molar-refractivity contribution < 1.29 is 24.2 Å².